The van der Waals surface area contributed by atoms with E-state index in [1.54, 1.807) is 0 Å². The first-order valence-electron chi connectivity index (χ1n) is 16.0. The maximum Gasteiger partial charge on any atom is 0.422 e. The minimum Gasteiger partial charge on any atom is -0.481 e. The Balaban J connectivity index is 0.00000281. The predicted molar refractivity (Wildman–Crippen MR) is 183 cm³/mol. The van der Waals surface area contributed by atoms with Crippen LogP contribution >= 0.6 is 24.8 Å². The third-order valence-electron chi connectivity index (χ3n) is 9.01. The predicted octanol–water partition coefficient (Wildman–Crippen LogP) is 4.22. The molecule has 6 rings (SSSR count). The fourth-order valence-electron chi connectivity index (χ4n) is 6.94. The lowest BCUT2D eigenvalue weighted by Crippen LogP contribution is -2.68. The van der Waals surface area contributed by atoms with Gasteiger partial charge in [-0.1, -0.05) is 60.7 Å². The van der Waals surface area contributed by atoms with Crippen molar-refractivity contribution in [3.05, 3.63) is 77.4 Å². The van der Waals surface area contributed by atoms with Gasteiger partial charge in [-0.15, -0.1) is 24.8 Å². The summed E-state index contributed by atoms with van der Waals surface area (Å²) in [7, 11) is 2.71. The average molecular weight is 745 g/mol. The minimum atomic E-state index is -4.58. The number of benzene rings is 2. The number of alkyl halides is 3. The van der Waals surface area contributed by atoms with Crippen molar-refractivity contribution in [1.82, 2.24) is 24.7 Å². The van der Waals surface area contributed by atoms with E-state index in [2.05, 4.69) is 44.0 Å². The van der Waals surface area contributed by atoms with Gasteiger partial charge < -0.3 is 28.6 Å². The SMILES string of the molecule is COc1nc(OC)c(CN2CC3CN(C(=O)C4COCCO4)CCN3C(C(c3ccccc3)c3ccccc3)C2)c(OCC(F)(F)F)n1.Cl.Cl. The maximum atomic E-state index is 13.5. The smallest absolute Gasteiger partial charge is 0.422 e. The van der Waals surface area contributed by atoms with Crippen LogP contribution in [0.5, 0.6) is 17.8 Å². The van der Waals surface area contributed by atoms with Crippen LogP contribution in [0.2, 0.25) is 0 Å². The third kappa shape index (κ3) is 9.28. The van der Waals surface area contributed by atoms with Crippen molar-refractivity contribution in [2.24, 2.45) is 0 Å². The molecule has 1 aromatic heterocycles. The Labute approximate surface area is 301 Å². The van der Waals surface area contributed by atoms with E-state index in [1.165, 1.54) is 14.2 Å². The van der Waals surface area contributed by atoms with Gasteiger partial charge in [0.05, 0.1) is 39.6 Å². The van der Waals surface area contributed by atoms with E-state index in [9.17, 15) is 18.0 Å². The fraction of sp³-hybridized carbons (Fsp3) is 0.500. The number of ether oxygens (including phenoxy) is 5. The molecule has 3 aliphatic heterocycles. The zero-order valence-corrected chi connectivity index (χ0v) is 29.4. The van der Waals surface area contributed by atoms with E-state index in [0.717, 1.165) is 11.1 Å². The highest BCUT2D eigenvalue weighted by Crippen LogP contribution is 2.38. The van der Waals surface area contributed by atoms with Crippen LogP contribution in [-0.4, -0.2) is 128 Å². The summed E-state index contributed by atoms with van der Waals surface area (Å²) in [6.45, 7) is 2.39. The summed E-state index contributed by atoms with van der Waals surface area (Å²) in [6.07, 6.45) is -5.22. The molecular formula is C34H42Cl2F3N5O6. The number of hydrogen-bond acceptors (Lipinski definition) is 10. The van der Waals surface area contributed by atoms with Crippen LogP contribution in [-0.2, 0) is 20.8 Å². The monoisotopic (exact) mass is 743 g/mol. The van der Waals surface area contributed by atoms with Crippen molar-refractivity contribution < 1.29 is 41.7 Å². The molecule has 3 unspecified atom stereocenters. The first-order chi connectivity index (χ1) is 23.2. The number of piperazine rings is 2. The first kappa shape index (κ1) is 39.4. The van der Waals surface area contributed by atoms with Crippen LogP contribution in [0.25, 0.3) is 0 Å². The van der Waals surface area contributed by atoms with E-state index in [1.807, 2.05) is 41.3 Å². The van der Waals surface area contributed by atoms with Gasteiger partial charge in [0, 0.05) is 57.3 Å². The van der Waals surface area contributed by atoms with Crippen molar-refractivity contribution in [2.45, 2.75) is 36.8 Å². The zero-order valence-electron chi connectivity index (χ0n) is 27.8. The highest BCUT2D eigenvalue weighted by molar-refractivity contribution is 5.85. The van der Waals surface area contributed by atoms with Gasteiger partial charge in [-0.3, -0.25) is 14.6 Å². The standard InChI is InChI=1S/C34H40F3N5O6.2ClH/c1-44-30-26(31(39-33(38-30)45-2)48-22-34(35,36)37)19-40-17-25-18-41(32(43)28-21-46-15-16-47-28)13-14-42(25)27(20-40)29(23-9-5-3-6-10-23)24-11-7-4-8-12-24;;/h3-12,25,27-29H,13-22H2,1-2H3;2*1H. The molecule has 0 aliphatic carbocycles. The third-order valence-corrected chi connectivity index (χ3v) is 9.01. The lowest BCUT2D eigenvalue weighted by atomic mass is 9.81. The second-order valence-corrected chi connectivity index (χ2v) is 12.1. The van der Waals surface area contributed by atoms with Crippen molar-refractivity contribution in [2.75, 3.05) is 73.4 Å². The van der Waals surface area contributed by atoms with Crippen molar-refractivity contribution in [3.63, 3.8) is 0 Å². The number of aromatic nitrogens is 2. The summed E-state index contributed by atoms with van der Waals surface area (Å²) in [5.41, 5.74) is 2.56. The Morgan fingerprint density at radius 1 is 0.900 bits per heavy atom. The normalized spacial score (nSPS) is 21.4. The molecule has 3 saturated heterocycles. The average Bonchev–Trinajstić information content (AvgIpc) is 3.11. The van der Waals surface area contributed by atoms with Gasteiger partial charge in [-0.05, 0) is 11.1 Å². The van der Waals surface area contributed by atoms with Crippen LogP contribution in [0.4, 0.5) is 13.2 Å². The number of carbonyl (C=O) groups excluding carboxylic acids is 1. The Morgan fingerprint density at radius 3 is 2.14 bits per heavy atom. The molecule has 3 aromatic rings. The number of carbonyl (C=O) groups is 1. The summed E-state index contributed by atoms with van der Waals surface area (Å²) in [5, 5.41) is 0. The van der Waals surface area contributed by atoms with Crippen molar-refractivity contribution in [1.29, 1.82) is 0 Å². The first-order valence-corrected chi connectivity index (χ1v) is 16.0. The number of amides is 1. The molecule has 16 heteroatoms. The quantitative estimate of drug-likeness (QED) is 0.300. The van der Waals surface area contributed by atoms with Gasteiger partial charge in [0.15, 0.2) is 12.7 Å². The number of hydrogen-bond donors (Lipinski definition) is 0. The second-order valence-electron chi connectivity index (χ2n) is 12.1. The molecule has 1 amide bonds. The van der Waals surface area contributed by atoms with E-state index < -0.39 is 18.9 Å². The number of fused-ring (bicyclic) bond motifs is 1. The highest BCUT2D eigenvalue weighted by atomic mass is 35.5. The van der Waals surface area contributed by atoms with Gasteiger partial charge in [-0.2, -0.15) is 23.1 Å². The van der Waals surface area contributed by atoms with Gasteiger partial charge in [-0.25, -0.2) is 0 Å². The molecule has 0 saturated carbocycles. The van der Waals surface area contributed by atoms with Crippen molar-refractivity contribution in [3.8, 4) is 17.8 Å². The lowest BCUT2D eigenvalue weighted by Gasteiger charge is -2.53. The van der Waals surface area contributed by atoms with Crippen molar-refractivity contribution >= 4 is 30.7 Å². The molecule has 0 spiro atoms. The lowest BCUT2D eigenvalue weighted by molar-refractivity contribution is -0.162. The summed E-state index contributed by atoms with van der Waals surface area (Å²) in [4.78, 5) is 28.4. The number of halogens is 5. The molecule has 2 aromatic carbocycles. The van der Waals surface area contributed by atoms with Crippen LogP contribution in [0.15, 0.2) is 60.7 Å². The topological polar surface area (TPSA) is 98.7 Å². The van der Waals surface area contributed by atoms with Gasteiger partial charge in [0.1, 0.15) is 0 Å². The molecule has 3 atom stereocenters. The van der Waals surface area contributed by atoms with E-state index >= 15 is 0 Å². The molecule has 0 N–H and O–H groups in total. The van der Waals surface area contributed by atoms with Gasteiger partial charge in [0.2, 0.25) is 11.8 Å². The van der Waals surface area contributed by atoms with Crippen LogP contribution in [0.3, 0.4) is 0 Å². The molecule has 11 nitrogen and oxygen atoms in total. The Bertz CT molecular complexity index is 1480. The van der Waals surface area contributed by atoms with E-state index in [0.29, 0.717) is 45.9 Å². The molecule has 0 radical (unpaired) electrons. The fourth-order valence-corrected chi connectivity index (χ4v) is 6.94. The van der Waals surface area contributed by atoms with E-state index in [-0.39, 0.29) is 85.2 Å². The largest absolute Gasteiger partial charge is 0.481 e. The van der Waals surface area contributed by atoms with E-state index in [4.69, 9.17) is 23.7 Å². The molecule has 3 aliphatic rings. The van der Waals surface area contributed by atoms with Crippen LogP contribution in [0.1, 0.15) is 22.6 Å². The number of methoxy groups -OCH3 is 2. The summed E-state index contributed by atoms with van der Waals surface area (Å²) >= 11 is 0. The van der Waals surface area contributed by atoms with Gasteiger partial charge in [0.25, 0.3) is 5.91 Å². The van der Waals surface area contributed by atoms with Crippen LogP contribution in [0, 0.1) is 0 Å². The van der Waals surface area contributed by atoms with Gasteiger partial charge >= 0.3 is 12.2 Å². The maximum absolute atomic E-state index is 13.5. The highest BCUT2D eigenvalue weighted by Gasteiger charge is 2.44. The Morgan fingerprint density at radius 2 is 1.56 bits per heavy atom. The molecular weight excluding hydrogens is 702 g/mol. The zero-order chi connectivity index (χ0) is 33.7. The van der Waals surface area contributed by atoms with Crippen LogP contribution < -0.4 is 14.2 Å². The molecule has 0 bridgehead atoms. The molecule has 50 heavy (non-hydrogen) atoms. The Kier molecular flexibility index (Phi) is 13.9. The molecule has 4 heterocycles. The summed E-state index contributed by atoms with van der Waals surface area (Å²) in [5.74, 6) is -0.327. The summed E-state index contributed by atoms with van der Waals surface area (Å²) < 4.78 is 67.0. The Hall–Kier alpha value is -3.40. The molecule has 3 fully saturated rings. The number of rotatable bonds is 10. The molecule has 274 valence electrons. The summed E-state index contributed by atoms with van der Waals surface area (Å²) in [6, 6.07) is 20.2. The second kappa shape index (κ2) is 17.7. The number of nitrogens with zero attached hydrogens (tertiary/aromatic N) is 5. The minimum absolute atomic E-state index is 0.